The number of halogens is 6. The number of nitrogens with two attached hydrogens (primary N) is 1. The number of hydrogen-bond donors (Lipinski definition) is 2. The summed E-state index contributed by atoms with van der Waals surface area (Å²) in [5, 5.41) is 14.9. The molecule has 1 aliphatic carbocycles. The summed E-state index contributed by atoms with van der Waals surface area (Å²) in [6.07, 6.45) is -1.87. The lowest BCUT2D eigenvalue weighted by Crippen LogP contribution is -2.41. The van der Waals surface area contributed by atoms with Gasteiger partial charge in [-0.1, -0.05) is 12.2 Å². The van der Waals surface area contributed by atoms with Crippen LogP contribution in [-0.2, 0) is 0 Å². The van der Waals surface area contributed by atoms with Crippen molar-refractivity contribution < 1.29 is 36.2 Å². The summed E-state index contributed by atoms with van der Waals surface area (Å²) in [7, 11) is 0. The molecule has 1 unspecified atom stereocenters. The number of fused-ring (bicyclic) bond motifs is 1. The van der Waals surface area contributed by atoms with Crippen LogP contribution in [-0.4, -0.2) is 53.9 Å². The third kappa shape index (κ3) is 4.40. The number of aliphatic hydroxyl groups excluding tert-OH is 1. The lowest BCUT2D eigenvalue weighted by molar-refractivity contribution is -0.290. The van der Waals surface area contributed by atoms with E-state index in [0.717, 1.165) is 18.2 Å². The van der Waals surface area contributed by atoms with Crippen molar-refractivity contribution in [1.29, 1.82) is 0 Å². The van der Waals surface area contributed by atoms with Gasteiger partial charge in [0.05, 0.1) is 6.04 Å². The molecule has 3 N–H and O–H groups in total. The van der Waals surface area contributed by atoms with Gasteiger partial charge < -0.3 is 15.6 Å². The van der Waals surface area contributed by atoms with Gasteiger partial charge in [0.2, 0.25) is 0 Å². The van der Waals surface area contributed by atoms with Gasteiger partial charge >= 0.3 is 12.1 Å². The quantitative estimate of drug-likeness (QED) is 0.644. The van der Waals surface area contributed by atoms with Crippen molar-refractivity contribution in [3.05, 3.63) is 47.3 Å². The number of benzene rings is 1. The minimum Gasteiger partial charge on any atom is -0.486 e. The Labute approximate surface area is 168 Å². The Morgan fingerprint density at radius 1 is 1.20 bits per heavy atom. The lowest BCUT2D eigenvalue weighted by atomic mass is 9.88. The predicted molar refractivity (Wildman–Crippen MR) is 97.4 cm³/mol. The van der Waals surface area contributed by atoms with Gasteiger partial charge in [0.1, 0.15) is 17.4 Å². The van der Waals surface area contributed by atoms with Crippen molar-refractivity contribution in [3.63, 3.8) is 0 Å². The van der Waals surface area contributed by atoms with Crippen LogP contribution in [0.15, 0.2) is 41.0 Å². The maximum atomic E-state index is 13.8. The highest BCUT2D eigenvalue weighted by molar-refractivity contribution is 6.01. The first-order chi connectivity index (χ1) is 14.0. The van der Waals surface area contributed by atoms with E-state index in [2.05, 4.69) is 5.10 Å². The summed E-state index contributed by atoms with van der Waals surface area (Å²) in [6.45, 7) is -1.59. The summed E-state index contributed by atoms with van der Waals surface area (Å²) in [6, 6.07) is 2.62. The Hall–Kier alpha value is -2.69. The standard InChI is InChI=1S/C19H19F6N3O2/c20-12-3-5-16(30-10-18(21,22)19(23,24)25)14(9-12)11-2-4-13-15(8-11)28(6-1-7-29)27-17(13)26/h2-5,9,15,29H,1,6-8,10H2,(H2,26,27). The number of ether oxygens (including phenoxy) is 1. The summed E-state index contributed by atoms with van der Waals surface area (Å²) < 4.78 is 82.4. The van der Waals surface area contributed by atoms with Crippen molar-refractivity contribution in [3.8, 4) is 5.75 Å². The van der Waals surface area contributed by atoms with E-state index in [9.17, 15) is 26.3 Å². The Kier molecular flexibility index (Phi) is 6.02. The molecule has 1 aromatic carbocycles. The van der Waals surface area contributed by atoms with Crippen LogP contribution in [0.5, 0.6) is 5.75 Å². The Morgan fingerprint density at radius 3 is 2.60 bits per heavy atom. The molecule has 2 aliphatic rings. The van der Waals surface area contributed by atoms with E-state index < -0.39 is 24.5 Å². The van der Waals surface area contributed by atoms with Crippen LogP contribution in [0.25, 0.3) is 5.57 Å². The molecule has 0 amide bonds. The van der Waals surface area contributed by atoms with E-state index in [-0.39, 0.29) is 36.2 Å². The Morgan fingerprint density at radius 2 is 1.93 bits per heavy atom. The molecule has 0 bridgehead atoms. The smallest absolute Gasteiger partial charge is 0.456 e. The molecular weight excluding hydrogens is 416 g/mol. The zero-order valence-corrected chi connectivity index (χ0v) is 15.6. The summed E-state index contributed by atoms with van der Waals surface area (Å²) in [5.74, 6) is -5.76. The molecule has 0 radical (unpaired) electrons. The molecule has 1 aliphatic heterocycles. The first kappa shape index (κ1) is 22.0. The van der Waals surface area contributed by atoms with Gasteiger partial charge in [0.15, 0.2) is 6.61 Å². The summed E-state index contributed by atoms with van der Waals surface area (Å²) in [5.41, 5.74) is 7.14. The number of allylic oxidation sites excluding steroid dienone is 2. The van der Waals surface area contributed by atoms with Gasteiger partial charge in [0, 0.05) is 24.3 Å². The molecule has 30 heavy (non-hydrogen) atoms. The molecule has 0 saturated carbocycles. The normalized spacial score (nSPS) is 19.2. The average molecular weight is 435 g/mol. The van der Waals surface area contributed by atoms with E-state index in [1.54, 1.807) is 17.2 Å². The van der Waals surface area contributed by atoms with E-state index in [0.29, 0.717) is 24.1 Å². The molecule has 0 saturated heterocycles. The minimum atomic E-state index is -5.76. The van der Waals surface area contributed by atoms with Crippen LogP contribution in [0.4, 0.5) is 26.3 Å². The zero-order valence-electron chi connectivity index (χ0n) is 15.6. The molecule has 5 nitrogen and oxygen atoms in total. The van der Waals surface area contributed by atoms with Gasteiger partial charge in [-0.05, 0) is 36.6 Å². The van der Waals surface area contributed by atoms with Gasteiger partial charge in [-0.2, -0.15) is 27.1 Å². The highest BCUT2D eigenvalue weighted by atomic mass is 19.4. The highest BCUT2D eigenvalue weighted by Gasteiger charge is 2.58. The monoisotopic (exact) mass is 435 g/mol. The first-order valence-electron chi connectivity index (χ1n) is 9.03. The second kappa shape index (κ2) is 8.21. The van der Waals surface area contributed by atoms with E-state index >= 15 is 0 Å². The number of aliphatic hydroxyl groups is 1. The van der Waals surface area contributed by atoms with Gasteiger partial charge in [-0.25, -0.2) is 4.39 Å². The number of hydrazone groups is 1. The predicted octanol–water partition coefficient (Wildman–Crippen LogP) is 3.45. The van der Waals surface area contributed by atoms with E-state index in [1.807, 2.05) is 0 Å². The fourth-order valence-corrected chi connectivity index (χ4v) is 3.24. The second-order valence-corrected chi connectivity index (χ2v) is 6.89. The lowest BCUT2D eigenvalue weighted by Gasteiger charge is -2.28. The molecule has 1 atom stereocenters. The van der Waals surface area contributed by atoms with Crippen molar-refractivity contribution in [2.75, 3.05) is 19.8 Å². The number of hydrogen-bond acceptors (Lipinski definition) is 5. The second-order valence-electron chi connectivity index (χ2n) is 6.89. The van der Waals surface area contributed by atoms with Crippen molar-refractivity contribution in [2.45, 2.75) is 31.0 Å². The van der Waals surface area contributed by atoms with Gasteiger partial charge in [-0.15, -0.1) is 0 Å². The maximum Gasteiger partial charge on any atom is 0.456 e. The van der Waals surface area contributed by atoms with Crippen LogP contribution in [0.2, 0.25) is 0 Å². The molecular formula is C19H19F6N3O2. The maximum absolute atomic E-state index is 13.8. The van der Waals surface area contributed by atoms with Crippen molar-refractivity contribution >= 4 is 11.4 Å². The molecule has 11 heteroatoms. The van der Waals surface area contributed by atoms with E-state index in [1.165, 1.54) is 0 Å². The minimum absolute atomic E-state index is 0.0598. The molecule has 3 rings (SSSR count). The van der Waals surface area contributed by atoms with Gasteiger partial charge in [-0.3, -0.25) is 5.01 Å². The molecule has 1 heterocycles. The molecule has 164 valence electrons. The summed E-state index contributed by atoms with van der Waals surface area (Å²) in [4.78, 5) is 0. The fourth-order valence-electron chi connectivity index (χ4n) is 3.24. The zero-order chi connectivity index (χ0) is 22.1. The van der Waals surface area contributed by atoms with Gasteiger partial charge in [0.25, 0.3) is 0 Å². The third-order valence-electron chi connectivity index (χ3n) is 4.78. The molecule has 0 spiro atoms. The number of alkyl halides is 5. The molecule has 1 aromatic rings. The average Bonchev–Trinajstić information content (AvgIpc) is 2.99. The Balaban J connectivity index is 1.86. The van der Waals surface area contributed by atoms with Crippen LogP contribution in [0.1, 0.15) is 18.4 Å². The largest absolute Gasteiger partial charge is 0.486 e. The van der Waals surface area contributed by atoms with Crippen molar-refractivity contribution in [1.82, 2.24) is 5.01 Å². The topological polar surface area (TPSA) is 71.1 Å². The SMILES string of the molecule is NC1=NN(CCCO)C2CC(c3cc(F)ccc3OCC(F)(F)C(F)(F)F)=CC=C12. The van der Waals surface area contributed by atoms with E-state index in [4.69, 9.17) is 15.6 Å². The number of amidine groups is 1. The molecule has 0 fully saturated rings. The first-order valence-corrected chi connectivity index (χ1v) is 9.03. The van der Waals surface area contributed by atoms with Crippen molar-refractivity contribution in [2.24, 2.45) is 10.8 Å². The fraction of sp³-hybridized carbons (Fsp3) is 0.421. The summed E-state index contributed by atoms with van der Waals surface area (Å²) >= 11 is 0. The third-order valence-corrected chi connectivity index (χ3v) is 4.78. The number of nitrogens with zero attached hydrogens (tertiary/aromatic N) is 2. The Bertz CT molecular complexity index is 895. The highest BCUT2D eigenvalue weighted by Crippen LogP contribution is 2.39. The van der Waals surface area contributed by atoms with Crippen LogP contribution in [0, 0.1) is 5.82 Å². The van der Waals surface area contributed by atoms with Crippen LogP contribution >= 0.6 is 0 Å². The van der Waals surface area contributed by atoms with Crippen LogP contribution < -0.4 is 10.5 Å². The van der Waals surface area contributed by atoms with Crippen LogP contribution in [0.3, 0.4) is 0 Å². The number of rotatable bonds is 7. The molecule has 0 aromatic heterocycles.